The van der Waals surface area contributed by atoms with E-state index in [9.17, 15) is 0 Å². The average molecular weight is 162 g/mol. The van der Waals surface area contributed by atoms with E-state index in [0.717, 1.165) is 18.6 Å². The monoisotopic (exact) mass is 162 g/mol. The standard InChI is InChI=1S/C8H16OS/c1-10(2)9-8-6-4-3-5-7-8/h6,10H,3-5,7H2,1-2H3/i10T. The van der Waals surface area contributed by atoms with Crippen LogP contribution in [0.3, 0.4) is 0 Å². The summed E-state index contributed by atoms with van der Waals surface area (Å²) >= 11 is -1.54. The van der Waals surface area contributed by atoms with Crippen molar-refractivity contribution in [2.75, 3.05) is 12.5 Å². The van der Waals surface area contributed by atoms with Crippen molar-refractivity contribution in [3.63, 3.8) is 0 Å². The second kappa shape index (κ2) is 3.91. The van der Waals surface area contributed by atoms with Crippen LogP contribution in [0.5, 0.6) is 0 Å². The smallest absolute Gasteiger partial charge is 0.122 e. The minimum Gasteiger partial charge on any atom is -0.457 e. The van der Waals surface area contributed by atoms with Crippen LogP contribution in [0.25, 0.3) is 0 Å². The molecule has 0 aromatic heterocycles. The predicted octanol–water partition coefficient (Wildman–Crippen LogP) is 2.64. The molecule has 1 rings (SSSR count). The van der Waals surface area contributed by atoms with Gasteiger partial charge in [-0.15, -0.1) is 11.1 Å². The van der Waals surface area contributed by atoms with Gasteiger partial charge in [0.2, 0.25) is 0 Å². The van der Waals surface area contributed by atoms with Gasteiger partial charge in [-0.05, 0) is 37.9 Å². The minimum absolute atomic E-state index is 1.04. The molecular formula is C8H16OS. The molecule has 10 heavy (non-hydrogen) atoms. The van der Waals surface area contributed by atoms with Crippen molar-refractivity contribution in [1.82, 2.24) is 0 Å². The molecule has 1 aliphatic rings. The van der Waals surface area contributed by atoms with Crippen molar-refractivity contribution in [3.05, 3.63) is 11.8 Å². The summed E-state index contributed by atoms with van der Waals surface area (Å²) in [6.45, 7) is 0. The van der Waals surface area contributed by atoms with Gasteiger partial charge in [0.1, 0.15) is 6.88 Å². The maximum atomic E-state index is 7.59. The Labute approximate surface area is 67.1 Å². The molecule has 0 heterocycles. The highest BCUT2D eigenvalue weighted by atomic mass is 32.2. The van der Waals surface area contributed by atoms with Crippen LogP contribution < -0.4 is 0 Å². The lowest BCUT2D eigenvalue weighted by atomic mass is 10.1. The summed E-state index contributed by atoms with van der Waals surface area (Å²) in [4.78, 5) is 0. The zero-order valence-corrected chi connectivity index (χ0v) is 7.54. The molecule has 0 aromatic rings. The largest absolute Gasteiger partial charge is 0.457 e. The van der Waals surface area contributed by atoms with E-state index in [1.165, 1.54) is 12.8 Å². The Kier molecular flexibility index (Phi) is 2.58. The molecule has 0 spiro atoms. The molecule has 0 aliphatic heterocycles. The molecule has 0 saturated heterocycles. The van der Waals surface area contributed by atoms with Crippen molar-refractivity contribution in [2.24, 2.45) is 0 Å². The molecule has 2 heteroatoms. The Morgan fingerprint density at radius 3 is 2.90 bits per heavy atom. The van der Waals surface area contributed by atoms with Gasteiger partial charge in [0, 0.05) is 6.42 Å². The molecule has 1 aliphatic carbocycles. The summed E-state index contributed by atoms with van der Waals surface area (Å²) < 4.78 is 13.1. The lowest BCUT2D eigenvalue weighted by Crippen LogP contribution is -1.94. The van der Waals surface area contributed by atoms with E-state index in [0.29, 0.717) is 0 Å². The maximum absolute atomic E-state index is 7.59. The summed E-state index contributed by atoms with van der Waals surface area (Å²) in [6, 6.07) is 0. The molecular weight excluding hydrogens is 144 g/mol. The van der Waals surface area contributed by atoms with Crippen LogP contribution in [0.15, 0.2) is 11.8 Å². The van der Waals surface area contributed by atoms with E-state index in [2.05, 4.69) is 6.08 Å². The van der Waals surface area contributed by atoms with Gasteiger partial charge in [0.25, 0.3) is 0 Å². The van der Waals surface area contributed by atoms with Crippen LogP contribution in [0.2, 0.25) is 0 Å². The van der Waals surface area contributed by atoms with Gasteiger partial charge in [-0.3, -0.25) is 0 Å². The van der Waals surface area contributed by atoms with Gasteiger partial charge in [0.15, 0.2) is 0 Å². The molecule has 0 aromatic carbocycles. The fraction of sp³-hybridized carbons (Fsp3) is 0.750. The highest BCUT2D eigenvalue weighted by Crippen LogP contribution is 2.27. The number of allylic oxidation sites excluding steroid dienone is 2. The van der Waals surface area contributed by atoms with E-state index < -0.39 is 11.1 Å². The zero-order chi connectivity index (χ0) is 8.32. The maximum Gasteiger partial charge on any atom is 0.122 e. The van der Waals surface area contributed by atoms with Crippen LogP contribution >= 0.6 is 11.1 Å². The van der Waals surface area contributed by atoms with Crippen molar-refractivity contribution < 1.29 is 4.18 Å². The Balaban J connectivity index is 2.42. The normalized spacial score (nSPS) is 23.0. The molecule has 0 atom stereocenters. The van der Waals surface area contributed by atoms with E-state index in [1.54, 1.807) is 0 Å². The number of hydrogen-bond donors (Lipinski definition) is 1. The van der Waals surface area contributed by atoms with Crippen molar-refractivity contribution in [1.29, 1.82) is 1.12 Å². The summed E-state index contributed by atoms with van der Waals surface area (Å²) in [6.07, 6.45) is 10.5. The van der Waals surface area contributed by atoms with Gasteiger partial charge in [0.05, 0.1) is 0 Å². The van der Waals surface area contributed by atoms with Gasteiger partial charge in [-0.25, -0.2) is 0 Å². The quantitative estimate of drug-likeness (QED) is 0.614. The molecule has 0 bridgehead atoms. The van der Waals surface area contributed by atoms with Gasteiger partial charge in [-0.1, -0.05) is 0 Å². The van der Waals surface area contributed by atoms with Crippen LogP contribution in [0, 0.1) is 0 Å². The topological polar surface area (TPSA) is 9.23 Å². The van der Waals surface area contributed by atoms with E-state index in [-0.39, 0.29) is 0 Å². The molecule has 0 radical (unpaired) electrons. The second-order valence-electron chi connectivity index (χ2n) is 2.74. The Bertz CT molecular complexity index is 160. The van der Waals surface area contributed by atoms with E-state index >= 15 is 0 Å². The first-order valence-corrected chi connectivity index (χ1v) is 5.70. The summed E-state index contributed by atoms with van der Waals surface area (Å²) in [7, 11) is 0. The van der Waals surface area contributed by atoms with Gasteiger partial charge in [-0.2, -0.15) is 0 Å². The van der Waals surface area contributed by atoms with Crippen LogP contribution in [0.1, 0.15) is 25.7 Å². The summed E-state index contributed by atoms with van der Waals surface area (Å²) in [5.41, 5.74) is 0. The zero-order valence-electron chi connectivity index (χ0n) is 7.72. The molecule has 0 unspecified atom stereocenters. The van der Waals surface area contributed by atoms with E-state index in [4.69, 9.17) is 5.31 Å². The highest BCUT2D eigenvalue weighted by Gasteiger charge is 2.04. The molecule has 0 saturated carbocycles. The first-order chi connectivity index (χ1) is 5.08. The SMILES string of the molecule is [3H]S(C)(C)OC1=CCCCC1. The third-order valence-corrected chi connectivity index (χ3v) is 2.07. The van der Waals surface area contributed by atoms with Crippen molar-refractivity contribution >= 4 is 11.1 Å². The van der Waals surface area contributed by atoms with Gasteiger partial charge >= 0.3 is 0 Å². The highest BCUT2D eigenvalue weighted by molar-refractivity contribution is 8.11. The first-order valence-electron chi connectivity index (χ1n) is 4.15. The predicted molar refractivity (Wildman–Crippen MR) is 48.5 cm³/mol. The molecule has 0 amide bonds. The lowest BCUT2D eigenvalue weighted by molar-refractivity contribution is 0.435. The number of rotatable bonds is 2. The fourth-order valence-electron chi connectivity index (χ4n) is 1.10. The van der Waals surface area contributed by atoms with Gasteiger partial charge < -0.3 is 4.18 Å². The van der Waals surface area contributed by atoms with E-state index in [1.807, 2.05) is 12.5 Å². The van der Waals surface area contributed by atoms with Crippen LogP contribution in [-0.4, -0.2) is 13.6 Å². The third kappa shape index (κ3) is 2.65. The van der Waals surface area contributed by atoms with Crippen LogP contribution in [-0.2, 0) is 4.18 Å². The number of hydrogen-bond acceptors (Lipinski definition) is 1. The number of thiol groups is 1. The molecule has 60 valence electrons. The summed E-state index contributed by atoms with van der Waals surface area (Å²) in [5, 5.41) is 0. The van der Waals surface area contributed by atoms with Crippen molar-refractivity contribution in [3.8, 4) is 0 Å². The van der Waals surface area contributed by atoms with Crippen molar-refractivity contribution in [2.45, 2.75) is 25.7 Å². The fourth-order valence-corrected chi connectivity index (χ4v) is 1.68. The lowest BCUT2D eigenvalue weighted by Gasteiger charge is -2.18. The first kappa shape index (κ1) is 6.59. The third-order valence-electron chi connectivity index (χ3n) is 1.52. The second-order valence-corrected chi connectivity index (χ2v) is 4.39. The average Bonchev–Trinajstić information content (AvgIpc) is 1.85. The van der Waals surface area contributed by atoms with Crippen LogP contribution in [0.4, 0.5) is 0 Å². The Morgan fingerprint density at radius 2 is 2.40 bits per heavy atom. The summed E-state index contributed by atoms with van der Waals surface area (Å²) in [5.74, 6) is 1.05. The molecule has 0 N–H and O–H groups in total. The molecule has 1 nitrogen and oxygen atoms in total. The Hall–Kier alpha value is -0.110. The Morgan fingerprint density at radius 1 is 1.60 bits per heavy atom. The minimum atomic E-state index is -1.54. The molecule has 0 fully saturated rings.